The number of benzene rings is 4. The zero-order valence-corrected chi connectivity index (χ0v) is 23.8. The molecule has 7 nitrogen and oxygen atoms in total. The van der Waals surface area contributed by atoms with Gasteiger partial charge in [-0.1, -0.05) is 24.3 Å². The molecule has 1 amide bonds. The SMILES string of the molecule is O=C(Cc1ccc(SCc2ccc(SC(F)(F)F)cc2)cc1)Nc1ccc(O)c(N(c2ccc(F)cc2)S(=O)(=O)O)c1. The molecule has 0 radical (unpaired) electrons. The summed E-state index contributed by atoms with van der Waals surface area (Å²) in [5, 5.41) is 12.9. The van der Waals surface area contributed by atoms with Crippen molar-refractivity contribution >= 4 is 56.8 Å². The van der Waals surface area contributed by atoms with E-state index in [2.05, 4.69) is 5.32 Å². The van der Waals surface area contributed by atoms with E-state index in [0.717, 1.165) is 46.9 Å². The van der Waals surface area contributed by atoms with Crippen molar-refractivity contribution in [2.45, 2.75) is 27.5 Å². The second kappa shape index (κ2) is 13.1. The molecular weight excluding hydrogens is 617 g/mol. The van der Waals surface area contributed by atoms with Crippen molar-refractivity contribution in [3.63, 3.8) is 0 Å². The fourth-order valence-electron chi connectivity index (χ4n) is 3.79. The first-order valence-electron chi connectivity index (χ1n) is 12.0. The molecule has 0 aromatic heterocycles. The van der Waals surface area contributed by atoms with E-state index in [-0.39, 0.29) is 40.1 Å². The smallest absolute Gasteiger partial charge is 0.446 e. The molecule has 220 valence electrons. The van der Waals surface area contributed by atoms with Crippen LogP contribution in [0, 0.1) is 5.82 Å². The number of nitrogens with one attached hydrogen (secondary N) is 1. The van der Waals surface area contributed by atoms with Gasteiger partial charge in [0.15, 0.2) is 0 Å². The van der Waals surface area contributed by atoms with Gasteiger partial charge in [0, 0.05) is 21.2 Å². The molecule has 14 heteroatoms. The number of hydrogen-bond acceptors (Lipinski definition) is 6. The Kier molecular flexibility index (Phi) is 9.71. The average molecular weight is 639 g/mol. The highest BCUT2D eigenvalue weighted by Crippen LogP contribution is 2.38. The van der Waals surface area contributed by atoms with Crippen molar-refractivity contribution in [1.82, 2.24) is 0 Å². The van der Waals surface area contributed by atoms with Crippen LogP contribution in [0.25, 0.3) is 0 Å². The molecule has 0 fully saturated rings. The van der Waals surface area contributed by atoms with E-state index in [9.17, 15) is 40.4 Å². The molecule has 0 bridgehead atoms. The number of thioether (sulfide) groups is 2. The summed E-state index contributed by atoms with van der Waals surface area (Å²) in [6, 6.07) is 21.1. The lowest BCUT2D eigenvalue weighted by Gasteiger charge is -2.22. The van der Waals surface area contributed by atoms with Crippen molar-refractivity contribution < 1.29 is 40.4 Å². The maximum absolute atomic E-state index is 13.3. The first kappa shape index (κ1) is 31.2. The van der Waals surface area contributed by atoms with Crippen LogP contribution < -0.4 is 9.62 Å². The number of carbonyl (C=O) groups excluding carboxylic acids is 1. The molecule has 0 spiro atoms. The van der Waals surface area contributed by atoms with Crippen molar-refractivity contribution in [1.29, 1.82) is 0 Å². The van der Waals surface area contributed by atoms with Gasteiger partial charge in [-0.3, -0.25) is 9.35 Å². The first-order valence-corrected chi connectivity index (χ1v) is 15.2. The summed E-state index contributed by atoms with van der Waals surface area (Å²) < 4.78 is 85.2. The maximum Gasteiger partial charge on any atom is 0.446 e. The van der Waals surface area contributed by atoms with E-state index in [1.807, 2.05) is 12.1 Å². The topological polar surface area (TPSA) is 107 Å². The predicted octanol–water partition coefficient (Wildman–Crippen LogP) is 7.56. The van der Waals surface area contributed by atoms with Crippen LogP contribution in [0.1, 0.15) is 11.1 Å². The molecule has 4 rings (SSSR count). The number of hydrogen-bond donors (Lipinski definition) is 3. The van der Waals surface area contributed by atoms with Crippen LogP contribution in [0.15, 0.2) is 101 Å². The fraction of sp³-hybridized carbons (Fsp3) is 0.107. The lowest BCUT2D eigenvalue weighted by molar-refractivity contribution is -0.115. The Morgan fingerprint density at radius 1 is 0.857 bits per heavy atom. The number of carbonyl (C=O) groups is 1. The fourth-order valence-corrected chi connectivity index (χ4v) is 5.96. The molecule has 0 aliphatic heterocycles. The van der Waals surface area contributed by atoms with Crippen LogP contribution in [0.4, 0.5) is 34.6 Å². The van der Waals surface area contributed by atoms with Crippen LogP contribution in [0.2, 0.25) is 0 Å². The van der Waals surface area contributed by atoms with Crippen LogP contribution in [0.5, 0.6) is 5.75 Å². The van der Waals surface area contributed by atoms with Gasteiger partial charge < -0.3 is 10.4 Å². The molecule has 3 N–H and O–H groups in total. The van der Waals surface area contributed by atoms with Gasteiger partial charge in [-0.25, -0.2) is 8.70 Å². The third-order valence-corrected chi connectivity index (χ3v) is 8.31. The molecule has 0 heterocycles. The summed E-state index contributed by atoms with van der Waals surface area (Å²) in [4.78, 5) is 13.7. The zero-order valence-electron chi connectivity index (χ0n) is 21.4. The van der Waals surface area contributed by atoms with Gasteiger partial charge >= 0.3 is 15.8 Å². The third-order valence-electron chi connectivity index (χ3n) is 5.62. The average Bonchev–Trinajstić information content (AvgIpc) is 2.90. The number of rotatable bonds is 10. The van der Waals surface area contributed by atoms with Gasteiger partial charge in [-0.15, -0.1) is 11.8 Å². The number of anilines is 3. The van der Waals surface area contributed by atoms with E-state index in [4.69, 9.17) is 0 Å². The highest BCUT2D eigenvalue weighted by molar-refractivity contribution is 8.00. The highest BCUT2D eigenvalue weighted by atomic mass is 32.2. The summed E-state index contributed by atoms with van der Waals surface area (Å²) in [5.41, 5.74) is -3.18. The Morgan fingerprint density at radius 2 is 1.45 bits per heavy atom. The van der Waals surface area contributed by atoms with E-state index < -0.39 is 33.3 Å². The molecule has 4 aromatic rings. The third kappa shape index (κ3) is 8.89. The van der Waals surface area contributed by atoms with Gasteiger partial charge in [0.05, 0.1) is 12.1 Å². The number of alkyl halides is 3. The molecule has 0 saturated heterocycles. The first-order chi connectivity index (χ1) is 19.8. The number of phenols is 1. The minimum absolute atomic E-state index is 0.0283. The second-order valence-corrected chi connectivity index (χ2v) is 12.2. The number of halogens is 4. The van der Waals surface area contributed by atoms with E-state index in [1.54, 1.807) is 24.3 Å². The van der Waals surface area contributed by atoms with E-state index in [1.165, 1.54) is 30.0 Å². The molecule has 0 saturated carbocycles. The van der Waals surface area contributed by atoms with Crippen molar-refractivity contribution in [3.8, 4) is 5.75 Å². The molecule has 0 aliphatic rings. The summed E-state index contributed by atoms with van der Waals surface area (Å²) in [6.45, 7) is 0. The van der Waals surface area contributed by atoms with Crippen LogP contribution >= 0.6 is 23.5 Å². The Labute approximate surface area is 247 Å². The highest BCUT2D eigenvalue weighted by Gasteiger charge is 2.29. The summed E-state index contributed by atoms with van der Waals surface area (Å²) in [6.07, 6.45) is -0.0283. The summed E-state index contributed by atoms with van der Waals surface area (Å²) in [7, 11) is -4.94. The summed E-state index contributed by atoms with van der Waals surface area (Å²) in [5.74, 6) is -1.05. The Balaban J connectivity index is 1.37. The Bertz CT molecular complexity index is 1650. The lowest BCUT2D eigenvalue weighted by Crippen LogP contribution is -2.25. The van der Waals surface area contributed by atoms with E-state index in [0.29, 0.717) is 15.6 Å². The van der Waals surface area contributed by atoms with Crippen molar-refractivity contribution in [2.75, 3.05) is 9.62 Å². The Hall–Kier alpha value is -3.72. The normalized spacial score (nSPS) is 11.7. The Morgan fingerprint density at radius 3 is 2.05 bits per heavy atom. The zero-order chi connectivity index (χ0) is 30.5. The molecule has 0 atom stereocenters. The van der Waals surface area contributed by atoms with Gasteiger partial charge in [0.25, 0.3) is 0 Å². The second-order valence-electron chi connectivity index (χ2n) is 8.77. The minimum atomic E-state index is -4.94. The number of nitrogens with zero attached hydrogens (tertiary/aromatic N) is 1. The largest absolute Gasteiger partial charge is 0.506 e. The molecule has 42 heavy (non-hydrogen) atoms. The lowest BCUT2D eigenvalue weighted by atomic mass is 10.1. The van der Waals surface area contributed by atoms with E-state index >= 15 is 0 Å². The summed E-state index contributed by atoms with van der Waals surface area (Å²) >= 11 is 1.32. The van der Waals surface area contributed by atoms with Gasteiger partial charge in [-0.2, -0.15) is 21.6 Å². The van der Waals surface area contributed by atoms with Gasteiger partial charge in [0.2, 0.25) is 5.91 Å². The molecular formula is C28H22F4N2O5S3. The van der Waals surface area contributed by atoms with Crippen LogP contribution in [-0.4, -0.2) is 29.5 Å². The quantitative estimate of drug-likeness (QED) is 0.0713. The van der Waals surface area contributed by atoms with Crippen molar-refractivity contribution in [2.24, 2.45) is 0 Å². The number of phenolic OH excluding ortho intramolecular Hbond substituents is 1. The maximum atomic E-state index is 13.3. The number of amides is 1. The van der Waals surface area contributed by atoms with Gasteiger partial charge in [0.1, 0.15) is 17.3 Å². The molecule has 0 aliphatic carbocycles. The predicted molar refractivity (Wildman–Crippen MR) is 155 cm³/mol. The molecule has 4 aromatic carbocycles. The molecule has 0 unspecified atom stereocenters. The van der Waals surface area contributed by atoms with Crippen LogP contribution in [0.3, 0.4) is 0 Å². The number of aromatic hydroxyl groups is 1. The monoisotopic (exact) mass is 638 g/mol. The standard InChI is InChI=1S/C28H22F4N2O5S3/c29-20-5-8-22(9-6-20)34(42(37,38)39)25-16-21(7-14-26(25)35)33-27(36)15-18-1-10-23(11-2-18)40-17-19-3-12-24(13-4-19)41-28(30,31)32/h1-14,16,35H,15,17H2,(H,33,36)(H,37,38,39). The van der Waals surface area contributed by atoms with Crippen LogP contribution in [-0.2, 0) is 27.3 Å². The minimum Gasteiger partial charge on any atom is -0.506 e. The van der Waals surface area contributed by atoms with Crippen molar-refractivity contribution in [3.05, 3.63) is 108 Å². The van der Waals surface area contributed by atoms with Gasteiger partial charge in [-0.05, 0) is 89.6 Å².